The lowest BCUT2D eigenvalue weighted by Crippen LogP contribution is -2.48. The lowest BCUT2D eigenvalue weighted by atomic mass is 10.1. The van der Waals surface area contributed by atoms with Gasteiger partial charge in [0.1, 0.15) is 11.9 Å². The Morgan fingerprint density at radius 2 is 1.83 bits per heavy atom. The maximum atomic E-state index is 14.2. The Morgan fingerprint density at radius 1 is 1.14 bits per heavy atom. The predicted octanol–water partition coefficient (Wildman–Crippen LogP) is 5.01. The Morgan fingerprint density at radius 3 is 2.45 bits per heavy atom. The van der Waals surface area contributed by atoms with Crippen LogP contribution in [0, 0.1) is 5.82 Å². The van der Waals surface area contributed by atoms with Crippen molar-refractivity contribution in [1.82, 2.24) is 10.2 Å². The Balaban J connectivity index is 2.23. The van der Waals surface area contributed by atoms with Crippen LogP contribution in [-0.4, -0.2) is 29.3 Å². The van der Waals surface area contributed by atoms with E-state index in [4.69, 9.17) is 23.2 Å². The van der Waals surface area contributed by atoms with Crippen LogP contribution in [0.3, 0.4) is 0 Å². The van der Waals surface area contributed by atoms with Gasteiger partial charge in [0.2, 0.25) is 11.8 Å². The van der Waals surface area contributed by atoms with Gasteiger partial charge in [-0.05, 0) is 43.2 Å². The number of amides is 2. The fraction of sp³-hybridized carbons (Fsp3) is 0.364. The number of carbonyl (C=O) groups excluding carboxylic acids is 2. The molecule has 0 heterocycles. The second kappa shape index (κ2) is 11.2. The van der Waals surface area contributed by atoms with Crippen molar-refractivity contribution < 1.29 is 14.0 Å². The molecule has 0 aliphatic heterocycles. The third-order valence-electron chi connectivity index (χ3n) is 4.65. The molecule has 156 valence electrons. The van der Waals surface area contributed by atoms with Gasteiger partial charge < -0.3 is 10.2 Å². The van der Waals surface area contributed by atoms with Crippen molar-refractivity contribution in [1.29, 1.82) is 0 Å². The summed E-state index contributed by atoms with van der Waals surface area (Å²) in [6.07, 6.45) is 1.58. The maximum absolute atomic E-state index is 14.2. The van der Waals surface area contributed by atoms with Gasteiger partial charge in [0, 0.05) is 28.7 Å². The van der Waals surface area contributed by atoms with E-state index in [1.165, 1.54) is 23.1 Å². The van der Waals surface area contributed by atoms with Crippen LogP contribution in [0.5, 0.6) is 0 Å². The molecule has 0 aliphatic rings. The van der Waals surface area contributed by atoms with E-state index in [9.17, 15) is 14.0 Å². The topological polar surface area (TPSA) is 49.4 Å². The van der Waals surface area contributed by atoms with Gasteiger partial charge >= 0.3 is 0 Å². The zero-order valence-corrected chi connectivity index (χ0v) is 18.1. The molecule has 29 heavy (non-hydrogen) atoms. The van der Waals surface area contributed by atoms with E-state index in [-0.39, 0.29) is 35.4 Å². The number of nitrogens with zero attached hydrogens (tertiary/aromatic N) is 1. The molecular formula is C22H25Cl2FN2O2. The molecule has 0 aromatic heterocycles. The van der Waals surface area contributed by atoms with Crippen LogP contribution in [0.15, 0.2) is 42.5 Å². The van der Waals surface area contributed by atoms with Crippen molar-refractivity contribution in [3.63, 3.8) is 0 Å². The van der Waals surface area contributed by atoms with Crippen molar-refractivity contribution in [2.45, 2.75) is 45.7 Å². The molecule has 0 saturated heterocycles. The number of carbonyl (C=O) groups is 2. The second-order valence-corrected chi connectivity index (χ2v) is 7.69. The maximum Gasteiger partial charge on any atom is 0.242 e. The number of halogens is 3. The summed E-state index contributed by atoms with van der Waals surface area (Å²) >= 11 is 12.0. The van der Waals surface area contributed by atoms with Gasteiger partial charge in [-0.15, -0.1) is 0 Å². The highest BCUT2D eigenvalue weighted by Gasteiger charge is 2.27. The van der Waals surface area contributed by atoms with Gasteiger partial charge in [0.25, 0.3) is 0 Å². The summed E-state index contributed by atoms with van der Waals surface area (Å²) < 4.78 is 14.2. The molecule has 2 aromatic rings. The summed E-state index contributed by atoms with van der Waals surface area (Å²) in [7, 11) is 0. The summed E-state index contributed by atoms with van der Waals surface area (Å²) in [5.41, 5.74) is 0.939. The minimum Gasteiger partial charge on any atom is -0.354 e. The average Bonchev–Trinajstić information content (AvgIpc) is 2.70. The van der Waals surface area contributed by atoms with Crippen molar-refractivity contribution in [3.05, 3.63) is 69.5 Å². The first-order chi connectivity index (χ1) is 13.8. The molecule has 2 rings (SSSR count). The van der Waals surface area contributed by atoms with Crippen molar-refractivity contribution in [3.8, 4) is 0 Å². The Kier molecular flexibility index (Phi) is 8.93. The third-order valence-corrected chi connectivity index (χ3v) is 5.26. The van der Waals surface area contributed by atoms with E-state index < -0.39 is 11.9 Å². The zero-order valence-electron chi connectivity index (χ0n) is 16.6. The van der Waals surface area contributed by atoms with Crippen LogP contribution in [0.1, 0.15) is 37.8 Å². The third kappa shape index (κ3) is 6.72. The molecule has 0 unspecified atom stereocenters. The van der Waals surface area contributed by atoms with E-state index >= 15 is 0 Å². The molecular weight excluding hydrogens is 414 g/mol. The Labute approximate surface area is 181 Å². The van der Waals surface area contributed by atoms with Crippen LogP contribution in [0.4, 0.5) is 4.39 Å². The minimum absolute atomic E-state index is 0.124. The second-order valence-electron chi connectivity index (χ2n) is 6.85. The first-order valence-corrected chi connectivity index (χ1v) is 10.3. The number of unbranched alkanes of at least 4 members (excludes halogenated alkanes) is 1. The lowest BCUT2D eigenvalue weighted by molar-refractivity contribution is -0.140. The first kappa shape index (κ1) is 23.2. The smallest absolute Gasteiger partial charge is 0.242 e. The number of rotatable bonds is 9. The summed E-state index contributed by atoms with van der Waals surface area (Å²) in [4.78, 5) is 27.1. The molecule has 2 amide bonds. The number of hydrogen-bond acceptors (Lipinski definition) is 2. The van der Waals surface area contributed by atoms with Crippen LogP contribution in [-0.2, 0) is 22.6 Å². The van der Waals surface area contributed by atoms with E-state index in [0.29, 0.717) is 11.6 Å². The summed E-state index contributed by atoms with van der Waals surface area (Å²) in [6.45, 7) is 4.44. The zero-order chi connectivity index (χ0) is 21.4. The van der Waals surface area contributed by atoms with Gasteiger partial charge in [-0.1, -0.05) is 54.7 Å². The summed E-state index contributed by atoms with van der Waals surface area (Å²) in [5, 5.41) is 3.61. The fourth-order valence-corrected chi connectivity index (χ4v) is 3.22. The van der Waals surface area contributed by atoms with Crippen LogP contribution in [0.25, 0.3) is 0 Å². The number of hydrogen-bond donors (Lipinski definition) is 1. The molecule has 1 atom stereocenters. The molecule has 0 aliphatic carbocycles. The molecule has 2 aromatic carbocycles. The monoisotopic (exact) mass is 438 g/mol. The van der Waals surface area contributed by atoms with Crippen LogP contribution < -0.4 is 5.32 Å². The number of nitrogens with one attached hydrogen (secondary N) is 1. The van der Waals surface area contributed by atoms with Crippen molar-refractivity contribution in [2.75, 3.05) is 6.54 Å². The Hall–Kier alpha value is -2.11. The van der Waals surface area contributed by atoms with E-state index in [1.807, 2.05) is 6.92 Å². The quantitative estimate of drug-likeness (QED) is 0.559. The largest absolute Gasteiger partial charge is 0.354 e. The SMILES string of the molecule is CCCCNC(=O)[C@@H](C)N(Cc1ccc(Cl)cc1)C(=O)Cc1c(F)cccc1Cl. The van der Waals surface area contributed by atoms with Gasteiger partial charge in [0.05, 0.1) is 6.42 Å². The molecule has 7 heteroatoms. The standard InChI is InChI=1S/C22H25Cl2FN2O2/c1-3-4-12-26-22(29)15(2)27(14-16-8-10-17(23)11-9-16)21(28)13-18-19(24)6-5-7-20(18)25/h5-11,15H,3-4,12-14H2,1-2H3,(H,26,29)/t15-/m1/s1. The normalized spacial score (nSPS) is 11.8. The average molecular weight is 439 g/mol. The molecule has 4 nitrogen and oxygen atoms in total. The van der Waals surface area contributed by atoms with E-state index in [1.54, 1.807) is 31.2 Å². The first-order valence-electron chi connectivity index (χ1n) is 9.58. The molecule has 0 spiro atoms. The lowest BCUT2D eigenvalue weighted by Gasteiger charge is -2.29. The minimum atomic E-state index is -0.722. The van der Waals surface area contributed by atoms with Crippen LogP contribution in [0.2, 0.25) is 10.0 Å². The molecule has 0 radical (unpaired) electrons. The highest BCUT2D eigenvalue weighted by molar-refractivity contribution is 6.31. The Bertz CT molecular complexity index is 823. The van der Waals surface area contributed by atoms with Gasteiger partial charge in [-0.2, -0.15) is 0 Å². The van der Waals surface area contributed by atoms with E-state index in [0.717, 1.165) is 18.4 Å². The summed E-state index contributed by atoms with van der Waals surface area (Å²) in [6, 6.07) is 10.6. The van der Waals surface area contributed by atoms with Crippen molar-refractivity contribution >= 4 is 35.0 Å². The van der Waals surface area contributed by atoms with Gasteiger partial charge in [-0.3, -0.25) is 9.59 Å². The van der Waals surface area contributed by atoms with Gasteiger partial charge in [-0.25, -0.2) is 4.39 Å². The fourth-order valence-electron chi connectivity index (χ4n) is 2.86. The van der Waals surface area contributed by atoms with Crippen molar-refractivity contribution in [2.24, 2.45) is 0 Å². The highest BCUT2D eigenvalue weighted by atomic mass is 35.5. The van der Waals surface area contributed by atoms with Gasteiger partial charge in [0.15, 0.2) is 0 Å². The predicted molar refractivity (Wildman–Crippen MR) is 114 cm³/mol. The summed E-state index contributed by atoms with van der Waals surface area (Å²) in [5.74, 6) is -1.18. The highest BCUT2D eigenvalue weighted by Crippen LogP contribution is 2.21. The molecule has 0 fully saturated rings. The molecule has 0 bridgehead atoms. The van der Waals surface area contributed by atoms with E-state index in [2.05, 4.69) is 5.32 Å². The molecule has 1 N–H and O–H groups in total. The number of benzene rings is 2. The van der Waals surface area contributed by atoms with Crippen LogP contribution >= 0.6 is 23.2 Å². The molecule has 0 saturated carbocycles.